The van der Waals surface area contributed by atoms with Gasteiger partial charge in [0.1, 0.15) is 23.5 Å². The molecule has 14 heteroatoms. The van der Waals surface area contributed by atoms with E-state index in [1.165, 1.54) is 23.9 Å². The molecule has 0 aliphatic carbocycles. The molecule has 0 aliphatic rings. The SMILES string of the molecule is Cl.Cn1cc(-c2coc3cc(O)c(O)c(C(=O)OCCC(N)C(=O)O)c3c2=O)c(=O)c2cc(O)c(O)cc21. The number of pyridine rings is 1. The maximum absolute atomic E-state index is 13.5. The number of carbonyl (C=O) groups is 2. The standard InChI is InChI=1S/C24H20N2O11.ClH/c1-26-7-10(20(30)9-4-14(27)15(28)5-13(9)26)11-8-37-17-6-16(29)22(32)19(18(17)21(11)31)24(35)36-3-2-12(25)23(33)34;/h4-8,12,27-29,32H,2-3,25H2,1H3,(H,33,34);1H. The number of nitrogens with two attached hydrogens (primary N) is 1. The molecule has 0 fully saturated rings. The zero-order valence-electron chi connectivity index (χ0n) is 19.5. The van der Waals surface area contributed by atoms with Crippen molar-refractivity contribution in [1.82, 2.24) is 4.57 Å². The number of carboxylic acid groups (broad SMARTS) is 1. The summed E-state index contributed by atoms with van der Waals surface area (Å²) >= 11 is 0. The van der Waals surface area contributed by atoms with Crippen molar-refractivity contribution in [3.05, 3.63) is 56.7 Å². The van der Waals surface area contributed by atoms with Gasteiger partial charge in [0, 0.05) is 31.8 Å². The summed E-state index contributed by atoms with van der Waals surface area (Å²) in [4.78, 5) is 50.3. The van der Waals surface area contributed by atoms with Crippen molar-refractivity contribution >= 4 is 46.2 Å². The highest BCUT2D eigenvalue weighted by Gasteiger charge is 2.26. The summed E-state index contributed by atoms with van der Waals surface area (Å²) in [6.07, 6.45) is 1.95. The molecule has 4 rings (SSSR count). The zero-order chi connectivity index (χ0) is 27.2. The van der Waals surface area contributed by atoms with Crippen LogP contribution in [0.3, 0.4) is 0 Å². The van der Waals surface area contributed by atoms with E-state index in [1.807, 2.05) is 0 Å². The number of hydrogen-bond donors (Lipinski definition) is 6. The monoisotopic (exact) mass is 548 g/mol. The average molecular weight is 549 g/mol. The average Bonchev–Trinajstić information content (AvgIpc) is 2.84. The number of aromatic hydroxyl groups is 4. The van der Waals surface area contributed by atoms with Crippen molar-refractivity contribution in [2.45, 2.75) is 12.5 Å². The van der Waals surface area contributed by atoms with Crippen molar-refractivity contribution in [2.75, 3.05) is 6.61 Å². The van der Waals surface area contributed by atoms with Crippen molar-refractivity contribution in [1.29, 1.82) is 0 Å². The third-order valence-corrected chi connectivity index (χ3v) is 5.78. The molecule has 38 heavy (non-hydrogen) atoms. The first kappa shape index (κ1) is 27.8. The van der Waals surface area contributed by atoms with Gasteiger partial charge in [-0.1, -0.05) is 0 Å². The fourth-order valence-corrected chi connectivity index (χ4v) is 3.82. The molecule has 0 saturated carbocycles. The maximum Gasteiger partial charge on any atom is 0.342 e. The minimum atomic E-state index is -1.33. The minimum absolute atomic E-state index is 0. The number of halogens is 1. The number of aryl methyl sites for hydroxylation is 1. The van der Waals surface area contributed by atoms with E-state index in [9.17, 15) is 39.6 Å². The molecule has 7 N–H and O–H groups in total. The Balaban J connectivity index is 0.00000400. The maximum atomic E-state index is 13.5. The number of aromatic nitrogens is 1. The van der Waals surface area contributed by atoms with Gasteiger partial charge in [-0.2, -0.15) is 0 Å². The molecule has 0 spiro atoms. The number of aliphatic carboxylic acids is 1. The predicted octanol–water partition coefficient (Wildman–Crippen LogP) is 1.51. The summed E-state index contributed by atoms with van der Waals surface area (Å²) in [6, 6.07) is 1.77. The van der Waals surface area contributed by atoms with Crippen LogP contribution < -0.4 is 16.6 Å². The van der Waals surface area contributed by atoms with Crippen LogP contribution in [-0.4, -0.2) is 54.7 Å². The number of ether oxygens (including phenoxy) is 1. The Kier molecular flexibility index (Phi) is 7.56. The molecule has 0 aliphatic heterocycles. The van der Waals surface area contributed by atoms with Crippen LogP contribution in [-0.2, 0) is 16.6 Å². The molecular weight excluding hydrogens is 528 g/mol. The number of phenolic OH excluding ortho intramolecular Hbond substituents is 4. The number of fused-ring (bicyclic) bond motifs is 2. The highest BCUT2D eigenvalue weighted by molar-refractivity contribution is 6.07. The van der Waals surface area contributed by atoms with Gasteiger partial charge < -0.3 is 45.0 Å². The Labute approximate surface area is 217 Å². The molecule has 0 bridgehead atoms. The van der Waals surface area contributed by atoms with E-state index in [-0.39, 0.29) is 46.4 Å². The highest BCUT2D eigenvalue weighted by atomic mass is 35.5. The molecule has 0 radical (unpaired) electrons. The third kappa shape index (κ3) is 4.67. The van der Waals surface area contributed by atoms with Crippen molar-refractivity contribution in [3.8, 4) is 34.1 Å². The molecule has 1 atom stereocenters. The third-order valence-electron chi connectivity index (χ3n) is 5.78. The lowest BCUT2D eigenvalue weighted by Crippen LogP contribution is -2.31. The van der Waals surface area contributed by atoms with E-state index in [4.69, 9.17) is 20.0 Å². The summed E-state index contributed by atoms with van der Waals surface area (Å²) in [7, 11) is 1.53. The summed E-state index contributed by atoms with van der Waals surface area (Å²) in [5.74, 6) is -5.39. The van der Waals surface area contributed by atoms with Crippen molar-refractivity contribution in [3.63, 3.8) is 0 Å². The van der Waals surface area contributed by atoms with Crippen molar-refractivity contribution < 1.29 is 44.3 Å². The first-order chi connectivity index (χ1) is 17.4. The van der Waals surface area contributed by atoms with E-state index in [2.05, 4.69) is 0 Å². The number of esters is 1. The molecule has 2 aromatic carbocycles. The predicted molar refractivity (Wildman–Crippen MR) is 135 cm³/mol. The Hall–Kier alpha value is -4.75. The van der Waals surface area contributed by atoms with Gasteiger partial charge in [0.25, 0.3) is 0 Å². The number of hydrogen-bond acceptors (Lipinski definition) is 11. The number of phenols is 4. The molecule has 0 amide bonds. The highest BCUT2D eigenvalue weighted by Crippen LogP contribution is 2.36. The first-order valence-corrected chi connectivity index (χ1v) is 10.6. The second-order valence-corrected chi connectivity index (χ2v) is 8.18. The van der Waals surface area contributed by atoms with Gasteiger partial charge in [-0.05, 0) is 6.07 Å². The molecule has 200 valence electrons. The topological polar surface area (TPSA) is 223 Å². The fourth-order valence-electron chi connectivity index (χ4n) is 3.82. The lowest BCUT2D eigenvalue weighted by Gasteiger charge is -2.13. The van der Waals surface area contributed by atoms with Gasteiger partial charge in [0.05, 0.1) is 34.0 Å². The van der Waals surface area contributed by atoms with Gasteiger partial charge in [-0.15, -0.1) is 12.4 Å². The van der Waals surface area contributed by atoms with Crippen LogP contribution in [0, 0.1) is 0 Å². The largest absolute Gasteiger partial charge is 0.504 e. The van der Waals surface area contributed by atoms with Gasteiger partial charge in [0.15, 0.2) is 28.4 Å². The van der Waals surface area contributed by atoms with Gasteiger partial charge in [-0.3, -0.25) is 14.4 Å². The Morgan fingerprint density at radius 3 is 2.34 bits per heavy atom. The second kappa shape index (κ2) is 10.3. The molecular formula is C24H21ClN2O11. The quantitative estimate of drug-likeness (QED) is 0.149. The van der Waals surface area contributed by atoms with E-state index >= 15 is 0 Å². The Bertz CT molecular complexity index is 1730. The zero-order valence-corrected chi connectivity index (χ0v) is 20.3. The second-order valence-electron chi connectivity index (χ2n) is 8.18. The Morgan fingerprint density at radius 1 is 1.03 bits per heavy atom. The number of nitrogens with zero attached hydrogens (tertiary/aromatic N) is 1. The number of rotatable bonds is 6. The summed E-state index contributed by atoms with van der Waals surface area (Å²) in [5.41, 5.74) is 2.43. The number of carboxylic acids is 1. The molecule has 1 unspecified atom stereocenters. The van der Waals surface area contributed by atoms with Crippen LogP contribution in [0.2, 0.25) is 0 Å². The lowest BCUT2D eigenvalue weighted by molar-refractivity contribution is -0.138. The normalized spacial score (nSPS) is 11.7. The number of carbonyl (C=O) groups excluding carboxylic acids is 1. The molecule has 13 nitrogen and oxygen atoms in total. The van der Waals surface area contributed by atoms with Crippen LogP contribution in [0.25, 0.3) is 33.0 Å². The molecule has 0 saturated heterocycles. The molecule has 2 heterocycles. The molecule has 4 aromatic rings. The van der Waals surface area contributed by atoms with Crippen LogP contribution in [0.5, 0.6) is 23.0 Å². The molecule has 2 aromatic heterocycles. The van der Waals surface area contributed by atoms with Crippen LogP contribution in [0.15, 0.2) is 44.7 Å². The lowest BCUT2D eigenvalue weighted by atomic mass is 10.0. The van der Waals surface area contributed by atoms with Gasteiger partial charge in [0.2, 0.25) is 5.43 Å². The summed E-state index contributed by atoms with van der Waals surface area (Å²) in [6.45, 7) is -0.477. The Morgan fingerprint density at radius 2 is 1.68 bits per heavy atom. The van der Waals surface area contributed by atoms with Crippen LogP contribution >= 0.6 is 12.4 Å². The van der Waals surface area contributed by atoms with E-state index < -0.39 is 69.4 Å². The van der Waals surface area contributed by atoms with Gasteiger partial charge in [-0.25, -0.2) is 4.79 Å². The van der Waals surface area contributed by atoms with E-state index in [0.29, 0.717) is 0 Å². The van der Waals surface area contributed by atoms with E-state index in [0.717, 1.165) is 18.4 Å². The smallest absolute Gasteiger partial charge is 0.342 e. The van der Waals surface area contributed by atoms with Crippen molar-refractivity contribution in [2.24, 2.45) is 12.8 Å². The van der Waals surface area contributed by atoms with Gasteiger partial charge >= 0.3 is 11.9 Å². The number of benzene rings is 2. The minimum Gasteiger partial charge on any atom is -0.504 e. The fraction of sp³-hybridized carbons (Fsp3) is 0.167. The first-order valence-electron chi connectivity index (χ1n) is 10.6. The van der Waals surface area contributed by atoms with Crippen LogP contribution in [0.4, 0.5) is 0 Å². The van der Waals surface area contributed by atoms with Crippen LogP contribution in [0.1, 0.15) is 16.8 Å². The van der Waals surface area contributed by atoms with E-state index in [1.54, 1.807) is 0 Å². The summed E-state index contributed by atoms with van der Waals surface area (Å²) < 4.78 is 11.8. The summed E-state index contributed by atoms with van der Waals surface area (Å²) in [5, 5.41) is 48.4.